The first-order chi connectivity index (χ1) is 35.0. The summed E-state index contributed by atoms with van der Waals surface area (Å²) in [5.41, 5.74) is 4.63. The predicted molar refractivity (Wildman–Crippen MR) is 280 cm³/mol. The van der Waals surface area contributed by atoms with Gasteiger partial charge in [0.2, 0.25) is 23.6 Å². The molecule has 0 aliphatic carbocycles. The van der Waals surface area contributed by atoms with Crippen LogP contribution in [0.15, 0.2) is 90.7 Å². The molecule has 4 aromatic carbocycles. The van der Waals surface area contributed by atoms with Gasteiger partial charge in [-0.3, -0.25) is 19.2 Å². The van der Waals surface area contributed by atoms with E-state index in [-0.39, 0.29) is 66.6 Å². The molecule has 0 saturated carbocycles. The molecule has 384 valence electrons. The number of hydrogen-bond acceptors (Lipinski definition) is 13. The molecule has 0 bridgehead atoms. The Morgan fingerprint density at radius 1 is 0.945 bits per heavy atom. The molecule has 0 radical (unpaired) electrons. The van der Waals surface area contributed by atoms with Gasteiger partial charge in [0.25, 0.3) is 0 Å². The maximum Gasteiger partial charge on any atom is 0.246 e. The summed E-state index contributed by atoms with van der Waals surface area (Å²) in [7, 11) is 0. The fraction of sp³-hybridized carbons (Fsp3) is 0.389. The van der Waals surface area contributed by atoms with Crippen molar-refractivity contribution in [2.75, 3.05) is 64.1 Å². The Morgan fingerprint density at radius 3 is 2.41 bits per heavy atom. The maximum atomic E-state index is 16.3. The van der Waals surface area contributed by atoms with Crippen LogP contribution in [0.5, 0.6) is 5.75 Å². The topological polar surface area (TPSA) is 200 Å². The molecule has 4 amide bonds. The van der Waals surface area contributed by atoms with Gasteiger partial charge in [0, 0.05) is 50.1 Å². The summed E-state index contributed by atoms with van der Waals surface area (Å²) < 4.78 is 27.6. The summed E-state index contributed by atoms with van der Waals surface area (Å²) >= 11 is 8.34. The SMILES string of the molecule is Cc1ncsc1-c1ccc([C@H](C)NC(=O)[C@@H]2C[C@@H](O)CN2C(=O)[C@@H](NC(=O)COCCOCC/C=C/C(=O)N2CCN(c3ncnc4c(F)c(-c5cc(O)cc6ccccc56)c(Cl)cc34)CC2)C(C)(C)C)cc1. The lowest BCUT2D eigenvalue weighted by atomic mass is 9.85. The first kappa shape index (κ1) is 52.7. The Labute approximate surface area is 432 Å². The zero-order valence-electron chi connectivity index (χ0n) is 41.4. The molecular weight excluding hydrogens is 975 g/mol. The highest BCUT2D eigenvalue weighted by atomic mass is 35.5. The minimum Gasteiger partial charge on any atom is -0.508 e. The van der Waals surface area contributed by atoms with E-state index in [1.54, 1.807) is 40.0 Å². The normalized spacial score (nSPS) is 17.1. The number of carbonyl (C=O) groups is 4. The summed E-state index contributed by atoms with van der Waals surface area (Å²) in [4.78, 5) is 73.1. The van der Waals surface area contributed by atoms with Crippen LogP contribution in [0.2, 0.25) is 5.02 Å². The van der Waals surface area contributed by atoms with Crippen molar-refractivity contribution in [2.45, 2.75) is 71.7 Å². The molecule has 2 aliphatic heterocycles. The number of likely N-dealkylation sites (tertiary alicyclic amines) is 1. The van der Waals surface area contributed by atoms with Crippen molar-refractivity contribution >= 4 is 74.1 Å². The van der Waals surface area contributed by atoms with Crippen LogP contribution in [0.3, 0.4) is 0 Å². The van der Waals surface area contributed by atoms with E-state index in [2.05, 4.69) is 25.6 Å². The van der Waals surface area contributed by atoms with Crippen LogP contribution in [0.25, 0.3) is 43.2 Å². The highest BCUT2D eigenvalue weighted by Crippen LogP contribution is 2.42. The van der Waals surface area contributed by atoms with Gasteiger partial charge < -0.3 is 45.0 Å². The van der Waals surface area contributed by atoms with Gasteiger partial charge in [-0.05, 0) is 77.4 Å². The third-order valence-corrected chi connectivity index (χ3v) is 14.4. The number of thiazole rings is 1. The molecule has 6 aromatic rings. The lowest BCUT2D eigenvalue weighted by molar-refractivity contribution is -0.144. The fourth-order valence-corrected chi connectivity index (χ4v) is 10.4. The summed E-state index contributed by atoms with van der Waals surface area (Å²) in [6.45, 7) is 11.2. The second kappa shape index (κ2) is 23.1. The summed E-state index contributed by atoms with van der Waals surface area (Å²) in [5.74, 6) is -1.65. The number of β-amino-alcohol motifs (C(OH)–C–C–N with tert-alkyl or cyclic N) is 1. The molecule has 0 spiro atoms. The first-order valence-corrected chi connectivity index (χ1v) is 25.5. The summed E-state index contributed by atoms with van der Waals surface area (Å²) in [5, 5.41) is 28.9. The van der Waals surface area contributed by atoms with Crippen LogP contribution < -0.4 is 15.5 Å². The zero-order valence-corrected chi connectivity index (χ0v) is 43.0. The van der Waals surface area contributed by atoms with E-state index < -0.39 is 47.1 Å². The molecule has 4 atom stereocenters. The van der Waals surface area contributed by atoms with Gasteiger partial charge in [-0.15, -0.1) is 11.3 Å². The Balaban J connectivity index is 0.748. The number of nitrogens with zero attached hydrogens (tertiary/aromatic N) is 6. The molecule has 19 heteroatoms. The number of nitrogens with one attached hydrogen (secondary N) is 2. The van der Waals surface area contributed by atoms with E-state index in [9.17, 15) is 29.4 Å². The van der Waals surface area contributed by atoms with E-state index >= 15 is 4.39 Å². The van der Waals surface area contributed by atoms with E-state index in [1.807, 2.05) is 88.0 Å². The number of benzene rings is 4. The largest absolute Gasteiger partial charge is 0.508 e. The molecule has 4 heterocycles. The van der Waals surface area contributed by atoms with E-state index in [1.165, 1.54) is 23.4 Å². The Morgan fingerprint density at radius 2 is 1.68 bits per heavy atom. The van der Waals surface area contributed by atoms with Crippen LogP contribution in [0.1, 0.15) is 57.8 Å². The number of phenolic OH excluding ortho intramolecular Hbond substituents is 1. The van der Waals surface area contributed by atoms with Crippen molar-refractivity contribution in [2.24, 2.45) is 5.41 Å². The third kappa shape index (κ3) is 12.3. The molecule has 16 nitrogen and oxygen atoms in total. The van der Waals surface area contributed by atoms with Gasteiger partial charge in [-0.1, -0.05) is 87.0 Å². The number of aliphatic hydroxyl groups is 1. The number of hydrogen-bond donors (Lipinski definition) is 4. The zero-order chi connectivity index (χ0) is 52.0. The van der Waals surface area contributed by atoms with E-state index in [0.717, 1.165) is 32.5 Å². The minimum absolute atomic E-state index is 0.0120. The molecule has 73 heavy (non-hydrogen) atoms. The monoisotopic (exact) mass is 1030 g/mol. The van der Waals surface area contributed by atoms with Gasteiger partial charge in [0.1, 0.15) is 42.1 Å². The molecule has 2 aliphatic rings. The number of amides is 4. The van der Waals surface area contributed by atoms with Crippen LogP contribution in [0.4, 0.5) is 10.2 Å². The Bertz CT molecular complexity index is 3010. The number of phenols is 1. The smallest absolute Gasteiger partial charge is 0.246 e. The average molecular weight is 1040 g/mol. The van der Waals surface area contributed by atoms with Crippen molar-refractivity contribution in [3.63, 3.8) is 0 Å². The van der Waals surface area contributed by atoms with Crippen molar-refractivity contribution in [1.82, 2.24) is 35.4 Å². The quantitative estimate of drug-likeness (QED) is 0.0523. The highest BCUT2D eigenvalue weighted by molar-refractivity contribution is 7.13. The van der Waals surface area contributed by atoms with Crippen LogP contribution in [0, 0.1) is 18.2 Å². The number of piperazine rings is 1. The molecule has 0 unspecified atom stereocenters. The molecular formula is C54H60ClFN8O8S. The van der Waals surface area contributed by atoms with E-state index in [0.29, 0.717) is 56.0 Å². The van der Waals surface area contributed by atoms with Crippen molar-refractivity contribution in [3.8, 4) is 27.3 Å². The summed E-state index contributed by atoms with van der Waals surface area (Å²) in [6.07, 6.45) is 4.20. The number of fused-ring (bicyclic) bond motifs is 2. The number of rotatable bonds is 17. The van der Waals surface area contributed by atoms with Gasteiger partial charge in [0.15, 0.2) is 5.82 Å². The lowest BCUT2D eigenvalue weighted by Crippen LogP contribution is -2.58. The van der Waals surface area contributed by atoms with Gasteiger partial charge in [-0.25, -0.2) is 19.3 Å². The lowest BCUT2D eigenvalue weighted by Gasteiger charge is -2.35. The predicted octanol–water partition coefficient (Wildman–Crippen LogP) is 7.38. The highest BCUT2D eigenvalue weighted by Gasteiger charge is 2.45. The number of aromatic nitrogens is 3. The second-order valence-electron chi connectivity index (χ2n) is 19.4. The number of anilines is 1. The van der Waals surface area contributed by atoms with Crippen LogP contribution >= 0.6 is 22.9 Å². The second-order valence-corrected chi connectivity index (χ2v) is 20.7. The average Bonchev–Trinajstić information content (AvgIpc) is 3.99. The number of aliphatic hydroxyl groups excluding tert-OH is 1. The van der Waals surface area contributed by atoms with Crippen LogP contribution in [-0.2, 0) is 28.7 Å². The van der Waals surface area contributed by atoms with Gasteiger partial charge in [-0.2, -0.15) is 0 Å². The van der Waals surface area contributed by atoms with Crippen molar-refractivity contribution in [1.29, 1.82) is 0 Å². The number of aromatic hydroxyl groups is 1. The van der Waals surface area contributed by atoms with Crippen LogP contribution in [-0.4, -0.2) is 136 Å². The van der Waals surface area contributed by atoms with Crippen molar-refractivity contribution in [3.05, 3.63) is 113 Å². The number of ether oxygens (including phenoxy) is 2. The van der Waals surface area contributed by atoms with Crippen molar-refractivity contribution < 1.29 is 43.3 Å². The molecule has 2 saturated heterocycles. The molecule has 2 fully saturated rings. The number of carbonyl (C=O) groups excluding carboxylic acids is 4. The summed E-state index contributed by atoms with van der Waals surface area (Å²) in [6, 6.07) is 17.7. The van der Waals surface area contributed by atoms with Gasteiger partial charge >= 0.3 is 0 Å². The minimum atomic E-state index is -1.00. The third-order valence-electron chi connectivity index (χ3n) is 13.2. The molecule has 4 N–H and O–H groups in total. The fourth-order valence-electron chi connectivity index (χ4n) is 9.30. The maximum absolute atomic E-state index is 16.3. The van der Waals surface area contributed by atoms with Gasteiger partial charge in [0.05, 0.1) is 53.1 Å². The number of aryl methyl sites for hydroxylation is 1. The van der Waals surface area contributed by atoms with E-state index in [4.69, 9.17) is 21.1 Å². The Kier molecular flexibility index (Phi) is 16.7. The Hall–Kier alpha value is -6.57. The number of halogens is 2. The first-order valence-electron chi connectivity index (χ1n) is 24.3. The molecule has 8 rings (SSSR count). The molecule has 2 aromatic heterocycles. The standard InChI is InChI=1S/C54H60ClFN8O8S/c1-32(34-13-15-35(16-14-34)49-33(2)59-31-73-49)60-52(69)43-26-38(66)28-64(43)53(70)50(54(3,4)5)61-44(67)29-72-23-22-71-21-9-8-12-45(68)62-17-19-63(20-18-62)51-41-27-42(55)46(47(56)48(41)57-30-58-51)40-25-37(65)24-36-10-6-7-11-39(36)40/h6-8,10-16,24-25,27,30-32,38,43,50,65-66H,9,17-23,26,28-29H2,1-5H3,(H,60,69)(H,61,67)/b12-8+/t32-,38+,43-,50+/m0/s1.